The van der Waals surface area contributed by atoms with Crippen molar-refractivity contribution in [2.24, 2.45) is 0 Å². The smallest absolute Gasteiger partial charge is 0.286 e. The summed E-state index contributed by atoms with van der Waals surface area (Å²) in [6.45, 7) is 2.03. The van der Waals surface area contributed by atoms with Gasteiger partial charge in [0.2, 0.25) is 10.9 Å². The minimum atomic E-state index is -0.324. The summed E-state index contributed by atoms with van der Waals surface area (Å²) in [6.07, 6.45) is 1.76. The van der Waals surface area contributed by atoms with Crippen LogP contribution in [0.5, 0.6) is 0 Å². The van der Waals surface area contributed by atoms with Crippen LogP contribution in [0.4, 0.5) is 5.69 Å². The van der Waals surface area contributed by atoms with Crippen LogP contribution in [0.1, 0.15) is 33.7 Å². The molecule has 0 spiro atoms. The average Bonchev–Trinajstić information content (AvgIpc) is 3.23. The molecule has 0 fully saturated rings. The number of aromatic nitrogens is 2. The molecule has 0 radical (unpaired) electrons. The van der Waals surface area contributed by atoms with Gasteiger partial charge in [-0.15, -0.1) is 10.2 Å². The van der Waals surface area contributed by atoms with E-state index in [0.29, 0.717) is 10.7 Å². The van der Waals surface area contributed by atoms with E-state index in [2.05, 4.69) is 33.0 Å². The number of nitrogens with zero attached hydrogens (tertiary/aromatic N) is 2. The lowest BCUT2D eigenvalue weighted by atomic mass is 10.1. The van der Waals surface area contributed by atoms with Crippen LogP contribution in [-0.2, 0) is 22.6 Å². The zero-order valence-electron chi connectivity index (χ0n) is 16.7. The number of nitrogens with one attached hydrogen (secondary N) is 2. The largest absolute Gasteiger partial charge is 0.364 e. The summed E-state index contributed by atoms with van der Waals surface area (Å²) in [5, 5.41) is 14.3. The predicted molar refractivity (Wildman–Crippen MR) is 116 cm³/mol. The first-order valence-corrected chi connectivity index (χ1v) is 10.5. The molecule has 2 aromatic carbocycles. The molecule has 3 rings (SSSR count). The van der Waals surface area contributed by atoms with Crippen molar-refractivity contribution in [3.63, 3.8) is 0 Å². The Hall–Kier alpha value is -3.10. The number of anilines is 1. The Balaban J connectivity index is 1.35. The van der Waals surface area contributed by atoms with Crippen LogP contribution in [0, 0.1) is 0 Å². The Morgan fingerprint density at radius 1 is 1.03 bits per heavy atom. The maximum Gasteiger partial charge on any atom is 0.286 e. The van der Waals surface area contributed by atoms with Gasteiger partial charge in [-0.3, -0.25) is 9.59 Å². The van der Waals surface area contributed by atoms with Crippen molar-refractivity contribution >= 4 is 28.8 Å². The molecule has 3 aromatic rings. The Kier molecular flexibility index (Phi) is 8.05. The number of para-hydroxylation sites is 1. The first-order chi connectivity index (χ1) is 14.6. The maximum absolute atomic E-state index is 12.2. The standard InChI is InChI=1S/C22H24N4O3S/c1-16(12-13-17-8-4-2-5-9-17)23-19(27)14-29-15-20-25-26-22(30-20)21(28)24-18-10-6-3-7-11-18/h2-11,16H,12-15H2,1H3,(H,23,27)(H,24,28)/t16-/m1/s1. The van der Waals surface area contributed by atoms with Gasteiger partial charge >= 0.3 is 0 Å². The first kappa shape index (κ1) is 21.6. The van der Waals surface area contributed by atoms with Crippen molar-refractivity contribution in [1.29, 1.82) is 0 Å². The van der Waals surface area contributed by atoms with Crippen molar-refractivity contribution in [3.05, 3.63) is 76.2 Å². The highest BCUT2D eigenvalue weighted by Crippen LogP contribution is 2.14. The Morgan fingerprint density at radius 3 is 2.47 bits per heavy atom. The highest BCUT2D eigenvalue weighted by molar-refractivity contribution is 7.13. The van der Waals surface area contributed by atoms with E-state index in [1.807, 2.05) is 43.3 Å². The zero-order chi connectivity index (χ0) is 21.2. The number of amides is 2. The zero-order valence-corrected chi connectivity index (χ0v) is 17.5. The van der Waals surface area contributed by atoms with Crippen LogP contribution in [-0.4, -0.2) is 34.7 Å². The van der Waals surface area contributed by atoms with Gasteiger partial charge in [-0.1, -0.05) is 59.9 Å². The minimum Gasteiger partial charge on any atom is -0.364 e. The molecular weight excluding hydrogens is 400 g/mol. The number of ether oxygens (including phenoxy) is 1. The van der Waals surface area contributed by atoms with Gasteiger partial charge in [0.15, 0.2) is 0 Å². The van der Waals surface area contributed by atoms with Crippen molar-refractivity contribution in [1.82, 2.24) is 15.5 Å². The molecule has 1 heterocycles. The van der Waals surface area contributed by atoms with E-state index in [4.69, 9.17) is 4.74 Å². The molecule has 2 N–H and O–H groups in total. The molecule has 7 nitrogen and oxygen atoms in total. The summed E-state index contributed by atoms with van der Waals surface area (Å²) in [5.74, 6) is -0.503. The molecule has 156 valence electrons. The highest BCUT2D eigenvalue weighted by atomic mass is 32.1. The van der Waals surface area contributed by atoms with Gasteiger partial charge in [-0.05, 0) is 37.5 Å². The molecule has 0 aliphatic heterocycles. The normalized spacial score (nSPS) is 11.6. The van der Waals surface area contributed by atoms with Gasteiger partial charge in [0, 0.05) is 11.7 Å². The quantitative estimate of drug-likeness (QED) is 0.520. The van der Waals surface area contributed by atoms with Crippen molar-refractivity contribution < 1.29 is 14.3 Å². The molecule has 0 saturated carbocycles. The highest BCUT2D eigenvalue weighted by Gasteiger charge is 2.14. The molecule has 0 aliphatic carbocycles. The van der Waals surface area contributed by atoms with Crippen LogP contribution in [0.15, 0.2) is 60.7 Å². The van der Waals surface area contributed by atoms with E-state index in [0.717, 1.165) is 24.2 Å². The van der Waals surface area contributed by atoms with Gasteiger partial charge in [0.1, 0.15) is 18.2 Å². The van der Waals surface area contributed by atoms with Crippen LogP contribution >= 0.6 is 11.3 Å². The van der Waals surface area contributed by atoms with Gasteiger partial charge in [-0.2, -0.15) is 0 Å². The molecule has 0 bridgehead atoms. The van der Waals surface area contributed by atoms with Crippen LogP contribution < -0.4 is 10.6 Å². The van der Waals surface area contributed by atoms with Crippen LogP contribution in [0.25, 0.3) is 0 Å². The second kappa shape index (κ2) is 11.2. The summed E-state index contributed by atoms with van der Waals surface area (Å²) in [6, 6.07) is 19.3. The Bertz CT molecular complexity index is 947. The van der Waals surface area contributed by atoms with Crippen LogP contribution in [0.2, 0.25) is 0 Å². The van der Waals surface area contributed by atoms with Gasteiger partial charge < -0.3 is 15.4 Å². The average molecular weight is 425 g/mol. The number of carbonyl (C=O) groups is 2. The number of rotatable bonds is 10. The van der Waals surface area contributed by atoms with E-state index in [9.17, 15) is 9.59 Å². The predicted octanol–water partition coefficient (Wildman–Crippen LogP) is 3.44. The third kappa shape index (κ3) is 7.06. The summed E-state index contributed by atoms with van der Waals surface area (Å²) in [4.78, 5) is 24.2. The van der Waals surface area contributed by atoms with E-state index in [1.165, 1.54) is 5.56 Å². The Morgan fingerprint density at radius 2 is 1.73 bits per heavy atom. The number of aryl methyl sites for hydroxylation is 1. The van der Waals surface area contributed by atoms with E-state index in [-0.39, 0.29) is 36.1 Å². The molecule has 0 saturated heterocycles. The molecule has 1 atom stereocenters. The summed E-state index contributed by atoms with van der Waals surface area (Å²) >= 11 is 1.14. The second-order valence-corrected chi connectivity index (χ2v) is 7.87. The van der Waals surface area contributed by atoms with Gasteiger partial charge in [0.05, 0.1) is 0 Å². The summed E-state index contributed by atoms with van der Waals surface area (Å²) in [7, 11) is 0. The molecule has 1 aromatic heterocycles. The molecule has 0 aliphatic rings. The maximum atomic E-state index is 12.2. The van der Waals surface area contributed by atoms with Crippen molar-refractivity contribution in [2.45, 2.75) is 32.4 Å². The monoisotopic (exact) mass is 424 g/mol. The van der Waals surface area contributed by atoms with Gasteiger partial charge in [0.25, 0.3) is 5.91 Å². The SMILES string of the molecule is C[C@H](CCc1ccccc1)NC(=O)COCc1nnc(C(=O)Nc2ccccc2)s1. The Labute approximate surface area is 179 Å². The first-order valence-electron chi connectivity index (χ1n) is 9.70. The number of hydrogen-bond acceptors (Lipinski definition) is 6. The van der Waals surface area contributed by atoms with E-state index < -0.39 is 0 Å². The fourth-order valence-electron chi connectivity index (χ4n) is 2.76. The number of benzene rings is 2. The molecule has 0 unspecified atom stereocenters. The van der Waals surface area contributed by atoms with Crippen molar-refractivity contribution in [2.75, 3.05) is 11.9 Å². The van der Waals surface area contributed by atoms with E-state index in [1.54, 1.807) is 12.1 Å². The van der Waals surface area contributed by atoms with E-state index >= 15 is 0 Å². The molecule has 8 heteroatoms. The van der Waals surface area contributed by atoms with Crippen molar-refractivity contribution in [3.8, 4) is 0 Å². The minimum absolute atomic E-state index is 0.0520. The fourth-order valence-corrected chi connectivity index (χ4v) is 3.43. The topological polar surface area (TPSA) is 93.2 Å². The fraction of sp³-hybridized carbons (Fsp3) is 0.273. The number of hydrogen-bond donors (Lipinski definition) is 2. The third-order valence-corrected chi connectivity index (χ3v) is 5.16. The number of carbonyl (C=O) groups excluding carboxylic acids is 2. The molecule has 2 amide bonds. The van der Waals surface area contributed by atoms with Crippen LogP contribution in [0.3, 0.4) is 0 Å². The third-order valence-electron chi connectivity index (χ3n) is 4.27. The lowest BCUT2D eigenvalue weighted by Gasteiger charge is -2.13. The lowest BCUT2D eigenvalue weighted by Crippen LogP contribution is -2.35. The summed E-state index contributed by atoms with van der Waals surface area (Å²) < 4.78 is 5.42. The molecule has 30 heavy (non-hydrogen) atoms. The van der Waals surface area contributed by atoms with Gasteiger partial charge in [-0.25, -0.2) is 0 Å². The lowest BCUT2D eigenvalue weighted by molar-refractivity contribution is -0.126. The second-order valence-electron chi connectivity index (χ2n) is 6.81. The molecular formula is C22H24N4O3S. The summed E-state index contributed by atoms with van der Waals surface area (Å²) in [5.41, 5.74) is 1.94.